The van der Waals surface area contributed by atoms with Crippen LogP contribution >= 0.6 is 11.8 Å². The molecule has 0 aliphatic carbocycles. The summed E-state index contributed by atoms with van der Waals surface area (Å²) in [4.78, 5) is 13.1. The number of benzene rings is 2. The number of para-hydroxylation sites is 2. The fourth-order valence-electron chi connectivity index (χ4n) is 3.26. The Morgan fingerprint density at radius 3 is 2.67 bits per heavy atom. The Morgan fingerprint density at radius 2 is 1.79 bits per heavy atom. The first kappa shape index (κ1) is 13.9. The normalized spacial score (nSPS) is 14.9. The molecule has 0 saturated heterocycles. The van der Waals surface area contributed by atoms with Gasteiger partial charge in [0, 0.05) is 34.8 Å². The molecule has 1 aliphatic rings. The third-order valence-electron chi connectivity index (χ3n) is 4.38. The van der Waals surface area contributed by atoms with Crippen LogP contribution in [-0.2, 0) is 0 Å². The molecule has 1 aliphatic heterocycles. The van der Waals surface area contributed by atoms with E-state index in [-0.39, 0.29) is 0 Å². The van der Waals surface area contributed by atoms with Crippen LogP contribution in [0.1, 0.15) is 6.42 Å². The van der Waals surface area contributed by atoms with Gasteiger partial charge in [0.1, 0.15) is 5.03 Å². The number of aromatic nitrogens is 2. The molecule has 4 nitrogen and oxygen atoms in total. The van der Waals surface area contributed by atoms with Gasteiger partial charge in [0.05, 0.1) is 11.0 Å². The number of H-pyrrole nitrogens is 1. The van der Waals surface area contributed by atoms with Crippen molar-refractivity contribution in [2.45, 2.75) is 11.4 Å². The lowest BCUT2D eigenvalue weighted by molar-refractivity contribution is 0.751. The molecule has 5 rings (SSSR count). The third-order valence-corrected chi connectivity index (χ3v) is 5.33. The lowest BCUT2D eigenvalue weighted by atomic mass is 10.1. The van der Waals surface area contributed by atoms with E-state index in [1.807, 2.05) is 6.07 Å². The van der Waals surface area contributed by atoms with Crippen molar-refractivity contribution in [1.29, 1.82) is 0 Å². The molecule has 2 aromatic heterocycles. The molecule has 0 unspecified atom stereocenters. The van der Waals surface area contributed by atoms with E-state index in [9.17, 15) is 0 Å². The van der Waals surface area contributed by atoms with Crippen molar-refractivity contribution in [3.05, 3.63) is 48.5 Å². The zero-order valence-corrected chi connectivity index (χ0v) is 13.9. The summed E-state index contributed by atoms with van der Waals surface area (Å²) in [5, 5.41) is 8.92. The molecule has 0 atom stereocenters. The Bertz CT molecular complexity index is 1100. The minimum absolute atomic E-state index is 0.889. The molecule has 3 heterocycles. The molecule has 24 heavy (non-hydrogen) atoms. The summed E-state index contributed by atoms with van der Waals surface area (Å²) in [6.07, 6.45) is 1.09. The van der Waals surface area contributed by atoms with Crippen LogP contribution in [0.5, 0.6) is 0 Å². The average Bonchev–Trinajstić information content (AvgIpc) is 3.03. The molecule has 0 saturated carbocycles. The van der Waals surface area contributed by atoms with Crippen molar-refractivity contribution in [1.82, 2.24) is 15.3 Å². The minimum atomic E-state index is 0.889. The van der Waals surface area contributed by atoms with E-state index in [0.717, 1.165) is 51.6 Å². The fourth-order valence-corrected chi connectivity index (χ4v) is 4.23. The van der Waals surface area contributed by atoms with Crippen LogP contribution in [0.3, 0.4) is 0 Å². The summed E-state index contributed by atoms with van der Waals surface area (Å²) in [7, 11) is 0. The fraction of sp³-hybridized carbons (Fsp3) is 0.158. The molecule has 0 spiro atoms. The van der Waals surface area contributed by atoms with E-state index < -0.39 is 0 Å². The van der Waals surface area contributed by atoms with Crippen LogP contribution in [0, 0.1) is 0 Å². The van der Waals surface area contributed by atoms with E-state index in [2.05, 4.69) is 57.8 Å². The number of fused-ring (bicyclic) bond motifs is 5. The van der Waals surface area contributed by atoms with E-state index in [0.29, 0.717) is 0 Å². The lowest BCUT2D eigenvalue weighted by Gasteiger charge is -2.14. The third kappa shape index (κ3) is 2.16. The van der Waals surface area contributed by atoms with E-state index >= 15 is 0 Å². The topological polar surface area (TPSA) is 53.1 Å². The van der Waals surface area contributed by atoms with Gasteiger partial charge in [-0.1, -0.05) is 36.4 Å². The van der Waals surface area contributed by atoms with Crippen molar-refractivity contribution in [3.8, 4) is 0 Å². The van der Waals surface area contributed by atoms with Crippen LogP contribution < -0.4 is 5.32 Å². The van der Waals surface area contributed by atoms with Gasteiger partial charge in [0.2, 0.25) is 0 Å². The van der Waals surface area contributed by atoms with Gasteiger partial charge < -0.3 is 10.3 Å². The van der Waals surface area contributed by atoms with Gasteiger partial charge in [-0.3, -0.25) is 4.99 Å². The molecular weight excluding hydrogens is 316 g/mol. The largest absolute Gasteiger partial charge is 0.365 e. The van der Waals surface area contributed by atoms with Gasteiger partial charge in [0.25, 0.3) is 0 Å². The number of amidine groups is 1. The van der Waals surface area contributed by atoms with Gasteiger partial charge in [0.15, 0.2) is 5.17 Å². The number of rotatable bonds is 1. The Kier molecular flexibility index (Phi) is 3.19. The Balaban J connectivity index is 1.84. The number of thioether (sulfide) groups is 1. The summed E-state index contributed by atoms with van der Waals surface area (Å²) in [6, 6.07) is 16.7. The SMILES string of the molecule is c1ccc2c(c1)nc(SC1=NCCCN1)c1c3ccccc3[nH]c21. The van der Waals surface area contributed by atoms with Crippen molar-refractivity contribution in [2.75, 3.05) is 13.1 Å². The smallest absolute Gasteiger partial charge is 0.162 e. The van der Waals surface area contributed by atoms with E-state index in [1.165, 1.54) is 10.8 Å². The Hall–Kier alpha value is -2.53. The average molecular weight is 332 g/mol. The van der Waals surface area contributed by atoms with Gasteiger partial charge in [-0.15, -0.1) is 0 Å². The van der Waals surface area contributed by atoms with Gasteiger partial charge >= 0.3 is 0 Å². The van der Waals surface area contributed by atoms with Crippen LogP contribution in [0.2, 0.25) is 0 Å². The number of hydrogen-bond donors (Lipinski definition) is 2. The summed E-state index contributed by atoms with van der Waals surface area (Å²) in [5.41, 5.74) is 3.31. The highest BCUT2D eigenvalue weighted by Crippen LogP contribution is 2.37. The maximum absolute atomic E-state index is 4.94. The first-order valence-corrected chi connectivity index (χ1v) is 8.97. The summed E-state index contributed by atoms with van der Waals surface area (Å²) >= 11 is 1.64. The standard InChI is InChI=1S/C19H16N4S/c1-3-8-14-12(6-1)16-17(22-14)13-7-2-4-9-15(13)23-18(16)24-19-20-10-5-11-21-19/h1-4,6-9,22H,5,10-11H2,(H,20,21). The minimum Gasteiger partial charge on any atom is -0.365 e. The van der Waals surface area contributed by atoms with Crippen molar-refractivity contribution in [3.63, 3.8) is 0 Å². The first-order chi connectivity index (χ1) is 11.9. The molecule has 0 amide bonds. The Labute approximate surface area is 143 Å². The summed E-state index contributed by atoms with van der Waals surface area (Å²) in [5.74, 6) is 0. The molecule has 5 heteroatoms. The second kappa shape index (κ2) is 5.53. The molecule has 2 aromatic carbocycles. The highest BCUT2D eigenvalue weighted by atomic mass is 32.2. The molecule has 0 radical (unpaired) electrons. The number of hydrogen-bond acceptors (Lipinski definition) is 4. The maximum atomic E-state index is 4.94. The molecular formula is C19H16N4S. The molecule has 2 N–H and O–H groups in total. The van der Waals surface area contributed by atoms with Crippen LogP contribution in [-0.4, -0.2) is 28.2 Å². The van der Waals surface area contributed by atoms with Crippen molar-refractivity contribution >= 4 is 49.6 Å². The zero-order chi connectivity index (χ0) is 15.9. The quantitative estimate of drug-likeness (QED) is 0.546. The lowest BCUT2D eigenvalue weighted by Crippen LogP contribution is -2.26. The first-order valence-electron chi connectivity index (χ1n) is 8.15. The second-order valence-corrected chi connectivity index (χ2v) is 6.90. The summed E-state index contributed by atoms with van der Waals surface area (Å²) < 4.78 is 0. The predicted molar refractivity (Wildman–Crippen MR) is 102 cm³/mol. The second-order valence-electron chi connectivity index (χ2n) is 5.92. The van der Waals surface area contributed by atoms with E-state index in [4.69, 9.17) is 4.98 Å². The van der Waals surface area contributed by atoms with Crippen LogP contribution in [0.4, 0.5) is 0 Å². The van der Waals surface area contributed by atoms with Gasteiger partial charge in [-0.05, 0) is 30.3 Å². The number of aromatic amines is 1. The summed E-state index contributed by atoms with van der Waals surface area (Å²) in [6.45, 7) is 1.87. The number of nitrogens with one attached hydrogen (secondary N) is 2. The van der Waals surface area contributed by atoms with Crippen molar-refractivity contribution < 1.29 is 0 Å². The Morgan fingerprint density at radius 1 is 0.958 bits per heavy atom. The highest BCUT2D eigenvalue weighted by molar-refractivity contribution is 8.14. The van der Waals surface area contributed by atoms with Crippen LogP contribution in [0.15, 0.2) is 58.5 Å². The number of pyridine rings is 1. The molecule has 0 fully saturated rings. The van der Waals surface area contributed by atoms with Crippen molar-refractivity contribution in [2.24, 2.45) is 4.99 Å². The van der Waals surface area contributed by atoms with E-state index in [1.54, 1.807) is 11.8 Å². The molecule has 118 valence electrons. The maximum Gasteiger partial charge on any atom is 0.162 e. The monoisotopic (exact) mass is 332 g/mol. The number of aliphatic imine (C=N–C) groups is 1. The molecule has 0 bridgehead atoms. The predicted octanol–water partition coefficient (Wildman–Crippen LogP) is 4.31. The zero-order valence-electron chi connectivity index (χ0n) is 13.0. The number of nitrogens with zero attached hydrogens (tertiary/aromatic N) is 2. The molecule has 4 aromatic rings. The van der Waals surface area contributed by atoms with Gasteiger partial charge in [-0.25, -0.2) is 4.98 Å². The van der Waals surface area contributed by atoms with Crippen LogP contribution in [0.25, 0.3) is 32.7 Å². The highest BCUT2D eigenvalue weighted by Gasteiger charge is 2.16. The van der Waals surface area contributed by atoms with Gasteiger partial charge in [-0.2, -0.15) is 0 Å².